The van der Waals surface area contributed by atoms with Crippen LogP contribution in [0.5, 0.6) is 0 Å². The number of pyridine rings is 1. The summed E-state index contributed by atoms with van der Waals surface area (Å²) in [5.74, 6) is 0.255. The number of furan rings is 1. The average Bonchev–Trinajstić information content (AvgIpc) is 3.40. The monoisotopic (exact) mass is 497 g/mol. The molecule has 8 heteroatoms. The lowest BCUT2D eigenvalue weighted by atomic mass is 10.0. The van der Waals surface area contributed by atoms with Gasteiger partial charge >= 0.3 is 0 Å². The van der Waals surface area contributed by atoms with E-state index in [2.05, 4.69) is 15.0 Å². The zero-order valence-electron chi connectivity index (χ0n) is 19.6. The first-order chi connectivity index (χ1) is 17.3. The lowest BCUT2D eigenvalue weighted by Crippen LogP contribution is -2.14. The predicted octanol–water partition coefficient (Wildman–Crippen LogP) is 6.16. The van der Waals surface area contributed by atoms with Crippen molar-refractivity contribution in [3.05, 3.63) is 108 Å². The smallest absolute Gasteiger partial charge is 0.261 e. The minimum atomic E-state index is -3.72. The molecule has 0 radical (unpaired) electrons. The van der Waals surface area contributed by atoms with E-state index in [9.17, 15) is 13.2 Å². The van der Waals surface area contributed by atoms with E-state index >= 15 is 0 Å². The van der Waals surface area contributed by atoms with E-state index in [4.69, 9.17) is 4.42 Å². The molecule has 180 valence electrons. The molecule has 0 bridgehead atoms. The Kier molecular flexibility index (Phi) is 6.03. The maximum absolute atomic E-state index is 13.3. The third kappa shape index (κ3) is 4.85. The van der Waals surface area contributed by atoms with Gasteiger partial charge in [0, 0.05) is 16.8 Å². The lowest BCUT2D eigenvalue weighted by molar-refractivity contribution is 0.102. The van der Waals surface area contributed by atoms with Gasteiger partial charge in [-0.2, -0.15) is 0 Å². The second-order valence-corrected chi connectivity index (χ2v) is 10.2. The molecule has 5 rings (SSSR count). The van der Waals surface area contributed by atoms with Gasteiger partial charge in [0.25, 0.3) is 15.9 Å². The lowest BCUT2D eigenvalue weighted by Gasteiger charge is -2.12. The molecule has 1 amide bonds. The van der Waals surface area contributed by atoms with Crippen LogP contribution in [-0.4, -0.2) is 19.3 Å². The molecule has 2 aromatic heterocycles. The highest BCUT2D eigenvalue weighted by Gasteiger charge is 2.17. The molecule has 0 aliphatic rings. The fraction of sp³-hybridized carbons (Fsp3) is 0.0714. The van der Waals surface area contributed by atoms with E-state index in [0.29, 0.717) is 33.9 Å². The number of sulfonamides is 1. The van der Waals surface area contributed by atoms with Crippen molar-refractivity contribution in [2.24, 2.45) is 0 Å². The number of benzene rings is 3. The van der Waals surface area contributed by atoms with Crippen molar-refractivity contribution in [3.8, 4) is 11.5 Å². The molecular formula is C28H23N3O4S. The molecule has 0 unspecified atom stereocenters. The first kappa shape index (κ1) is 23.3. The highest BCUT2D eigenvalue weighted by molar-refractivity contribution is 7.92. The summed E-state index contributed by atoms with van der Waals surface area (Å²) in [7, 11) is -3.72. The highest BCUT2D eigenvalue weighted by atomic mass is 32.2. The number of nitrogens with zero attached hydrogens (tertiary/aromatic N) is 1. The average molecular weight is 498 g/mol. The molecule has 0 saturated heterocycles. The van der Waals surface area contributed by atoms with Crippen LogP contribution in [0, 0.1) is 13.8 Å². The molecule has 36 heavy (non-hydrogen) atoms. The normalized spacial score (nSPS) is 11.4. The largest absolute Gasteiger partial charge is 0.463 e. The maximum atomic E-state index is 13.3. The van der Waals surface area contributed by atoms with Crippen LogP contribution < -0.4 is 10.0 Å². The van der Waals surface area contributed by atoms with Gasteiger partial charge in [0.15, 0.2) is 5.76 Å². The van der Waals surface area contributed by atoms with Gasteiger partial charge in [-0.1, -0.05) is 29.3 Å². The SMILES string of the molecule is Cc1ccc(S(=O)(=O)Nc2ccc(NC(=O)c3cc(-c4ccco4)nc4ccc(C)cc34)cc2)cc1. The van der Waals surface area contributed by atoms with Gasteiger partial charge in [-0.25, -0.2) is 13.4 Å². The Morgan fingerprint density at radius 1 is 0.833 bits per heavy atom. The van der Waals surface area contributed by atoms with E-state index in [1.807, 2.05) is 32.0 Å². The van der Waals surface area contributed by atoms with Gasteiger partial charge in [0.2, 0.25) is 0 Å². The third-order valence-corrected chi connectivity index (χ3v) is 7.11. The van der Waals surface area contributed by atoms with Crippen molar-refractivity contribution in [2.75, 3.05) is 10.0 Å². The van der Waals surface area contributed by atoms with E-state index in [1.54, 1.807) is 73.0 Å². The zero-order chi connectivity index (χ0) is 25.3. The molecule has 0 aliphatic carbocycles. The number of rotatable bonds is 6. The number of hydrogen-bond donors (Lipinski definition) is 2. The molecule has 0 atom stereocenters. The molecule has 2 N–H and O–H groups in total. The van der Waals surface area contributed by atoms with E-state index < -0.39 is 10.0 Å². The van der Waals surface area contributed by atoms with Crippen LogP contribution in [0.15, 0.2) is 101 Å². The molecular weight excluding hydrogens is 474 g/mol. The number of anilines is 2. The fourth-order valence-corrected chi connectivity index (χ4v) is 4.89. The third-order valence-electron chi connectivity index (χ3n) is 5.71. The number of aryl methyl sites for hydroxylation is 2. The van der Waals surface area contributed by atoms with Crippen LogP contribution in [0.4, 0.5) is 11.4 Å². The minimum absolute atomic E-state index is 0.178. The number of aromatic nitrogens is 1. The van der Waals surface area contributed by atoms with Crippen LogP contribution in [0.25, 0.3) is 22.4 Å². The maximum Gasteiger partial charge on any atom is 0.261 e. The minimum Gasteiger partial charge on any atom is -0.463 e. The first-order valence-corrected chi connectivity index (χ1v) is 12.7. The van der Waals surface area contributed by atoms with Crippen molar-refractivity contribution in [3.63, 3.8) is 0 Å². The molecule has 7 nitrogen and oxygen atoms in total. The van der Waals surface area contributed by atoms with Gasteiger partial charge in [-0.3, -0.25) is 9.52 Å². The first-order valence-electron chi connectivity index (χ1n) is 11.2. The highest BCUT2D eigenvalue weighted by Crippen LogP contribution is 2.27. The quantitative estimate of drug-likeness (QED) is 0.292. The van der Waals surface area contributed by atoms with Crippen molar-refractivity contribution in [1.82, 2.24) is 4.98 Å². The van der Waals surface area contributed by atoms with Crippen molar-refractivity contribution in [1.29, 1.82) is 0 Å². The van der Waals surface area contributed by atoms with Gasteiger partial charge in [0.05, 0.1) is 22.2 Å². The number of amides is 1. The van der Waals surface area contributed by atoms with E-state index in [1.165, 1.54) is 0 Å². The van der Waals surface area contributed by atoms with Crippen LogP contribution >= 0.6 is 0 Å². The van der Waals surface area contributed by atoms with E-state index in [-0.39, 0.29) is 10.8 Å². The van der Waals surface area contributed by atoms with Crippen LogP contribution in [0.1, 0.15) is 21.5 Å². The molecule has 0 saturated carbocycles. The molecule has 0 aliphatic heterocycles. The number of carbonyl (C=O) groups is 1. The molecule has 0 spiro atoms. The Morgan fingerprint density at radius 3 is 2.22 bits per heavy atom. The van der Waals surface area contributed by atoms with Crippen molar-refractivity contribution >= 4 is 38.2 Å². The number of nitrogens with one attached hydrogen (secondary N) is 2. The number of fused-ring (bicyclic) bond motifs is 1. The fourth-order valence-electron chi connectivity index (χ4n) is 3.83. The summed E-state index contributed by atoms with van der Waals surface area (Å²) in [6.07, 6.45) is 1.56. The Morgan fingerprint density at radius 2 is 1.53 bits per heavy atom. The van der Waals surface area contributed by atoms with Gasteiger partial charge in [0.1, 0.15) is 5.69 Å². The van der Waals surface area contributed by atoms with Crippen LogP contribution in [0.3, 0.4) is 0 Å². The second kappa shape index (κ2) is 9.31. The molecule has 5 aromatic rings. The summed E-state index contributed by atoms with van der Waals surface area (Å²) in [5.41, 5.74) is 4.59. The summed E-state index contributed by atoms with van der Waals surface area (Å²) < 4.78 is 33.3. The summed E-state index contributed by atoms with van der Waals surface area (Å²) >= 11 is 0. The van der Waals surface area contributed by atoms with Crippen LogP contribution in [-0.2, 0) is 10.0 Å². The van der Waals surface area contributed by atoms with E-state index in [0.717, 1.165) is 16.5 Å². The summed E-state index contributed by atoms with van der Waals surface area (Å²) in [5, 5.41) is 3.62. The topological polar surface area (TPSA) is 101 Å². The Balaban J connectivity index is 1.39. The van der Waals surface area contributed by atoms with Gasteiger partial charge in [-0.15, -0.1) is 0 Å². The second-order valence-electron chi connectivity index (χ2n) is 8.50. The summed E-state index contributed by atoms with van der Waals surface area (Å²) in [4.78, 5) is 18.1. The van der Waals surface area contributed by atoms with Crippen molar-refractivity contribution in [2.45, 2.75) is 18.7 Å². The van der Waals surface area contributed by atoms with Crippen molar-refractivity contribution < 1.29 is 17.6 Å². The Bertz CT molecular complexity index is 1660. The summed E-state index contributed by atoms with van der Waals surface area (Å²) in [6.45, 7) is 3.85. The molecule has 2 heterocycles. The standard InChI is InChI=1S/C28H23N3O4S/c1-18-5-12-22(13-6-18)36(33,34)31-21-10-8-20(9-11-21)29-28(32)24-17-26(27-4-3-15-35-27)30-25-14-7-19(2)16-23(24)25/h3-17,31H,1-2H3,(H,29,32). The Labute approximate surface area is 208 Å². The van der Waals surface area contributed by atoms with Gasteiger partial charge in [-0.05, 0) is 80.6 Å². The van der Waals surface area contributed by atoms with Crippen LogP contribution in [0.2, 0.25) is 0 Å². The number of carbonyl (C=O) groups excluding carboxylic acids is 1. The zero-order valence-corrected chi connectivity index (χ0v) is 20.5. The van der Waals surface area contributed by atoms with Gasteiger partial charge < -0.3 is 9.73 Å². The number of hydrogen-bond acceptors (Lipinski definition) is 5. The Hall–Kier alpha value is -4.43. The summed E-state index contributed by atoms with van der Waals surface area (Å²) in [6, 6.07) is 24.1. The predicted molar refractivity (Wildman–Crippen MR) is 141 cm³/mol. The molecule has 3 aromatic carbocycles. The molecule has 0 fully saturated rings.